The first-order valence-electron chi connectivity index (χ1n) is 7.69. The zero-order valence-corrected chi connectivity index (χ0v) is 12.5. The number of hydrogen-bond acceptors (Lipinski definition) is 4. The van der Waals surface area contributed by atoms with E-state index in [1.54, 1.807) is 12.1 Å². The number of carbonyl (C=O) groups excluding carboxylic acids is 1. The molecule has 2 aromatic heterocycles. The Hall–Kier alpha value is -2.45. The van der Waals surface area contributed by atoms with Gasteiger partial charge in [0.15, 0.2) is 11.7 Å². The fraction of sp³-hybridized carbons (Fsp3) is 0.467. The van der Waals surface area contributed by atoms with Gasteiger partial charge in [-0.15, -0.1) is 0 Å². The molecule has 1 aliphatic carbocycles. The van der Waals surface area contributed by atoms with Crippen molar-refractivity contribution < 1.29 is 22.4 Å². The van der Waals surface area contributed by atoms with Gasteiger partial charge in [0, 0.05) is 18.5 Å². The summed E-state index contributed by atoms with van der Waals surface area (Å²) < 4.78 is 46.4. The third-order valence-corrected chi connectivity index (χ3v) is 4.22. The molecular formula is C15H15F3N4O2. The zero-order chi connectivity index (χ0) is 16.9. The predicted octanol–water partition coefficient (Wildman–Crippen LogP) is 3.03. The van der Waals surface area contributed by atoms with E-state index in [-0.39, 0.29) is 24.0 Å². The molecule has 0 radical (unpaired) electrons. The monoisotopic (exact) mass is 340 g/mol. The Morgan fingerprint density at radius 1 is 1.42 bits per heavy atom. The second-order valence-electron chi connectivity index (χ2n) is 6.11. The van der Waals surface area contributed by atoms with Gasteiger partial charge in [0.25, 0.3) is 5.91 Å². The largest absolute Gasteiger partial charge is 0.467 e. The van der Waals surface area contributed by atoms with Gasteiger partial charge in [-0.25, -0.2) is 4.68 Å². The number of nitrogens with one attached hydrogen (secondary N) is 2. The molecule has 128 valence electrons. The number of anilines is 1. The number of halogens is 3. The van der Waals surface area contributed by atoms with E-state index >= 15 is 0 Å². The summed E-state index contributed by atoms with van der Waals surface area (Å²) in [6.07, 6.45) is -1.53. The van der Waals surface area contributed by atoms with Crippen molar-refractivity contribution in [3.63, 3.8) is 0 Å². The van der Waals surface area contributed by atoms with Gasteiger partial charge in [-0.3, -0.25) is 4.79 Å². The normalized spacial score (nSPS) is 23.5. The maximum absolute atomic E-state index is 13.4. The molecule has 0 bridgehead atoms. The van der Waals surface area contributed by atoms with Crippen LogP contribution in [0.3, 0.4) is 0 Å². The van der Waals surface area contributed by atoms with Crippen LogP contribution in [-0.2, 0) is 0 Å². The fourth-order valence-corrected chi connectivity index (χ4v) is 2.85. The van der Waals surface area contributed by atoms with Crippen LogP contribution in [0.4, 0.5) is 19.0 Å². The highest BCUT2D eigenvalue weighted by Crippen LogP contribution is 2.43. The smallest absolute Gasteiger partial charge is 0.410 e. The minimum atomic E-state index is -4.47. The first kappa shape index (κ1) is 15.1. The van der Waals surface area contributed by atoms with E-state index < -0.39 is 24.2 Å². The topological polar surface area (TPSA) is 72.1 Å². The Morgan fingerprint density at radius 3 is 2.83 bits per heavy atom. The third-order valence-electron chi connectivity index (χ3n) is 4.22. The molecule has 9 heteroatoms. The number of fused-ring (bicyclic) bond motifs is 1. The molecule has 6 nitrogen and oxygen atoms in total. The Balaban J connectivity index is 1.66. The van der Waals surface area contributed by atoms with Gasteiger partial charge >= 0.3 is 6.18 Å². The van der Waals surface area contributed by atoms with Crippen molar-refractivity contribution in [3.8, 4) is 0 Å². The summed E-state index contributed by atoms with van der Waals surface area (Å²) in [5, 5.41) is 9.59. The number of alkyl halides is 3. The Bertz CT molecular complexity index is 749. The van der Waals surface area contributed by atoms with Crippen LogP contribution in [0.15, 0.2) is 28.9 Å². The second-order valence-corrected chi connectivity index (χ2v) is 6.11. The van der Waals surface area contributed by atoms with Crippen LogP contribution < -0.4 is 10.6 Å². The van der Waals surface area contributed by atoms with Crippen molar-refractivity contribution in [2.45, 2.75) is 43.6 Å². The molecule has 2 aliphatic rings. The van der Waals surface area contributed by atoms with E-state index in [0.29, 0.717) is 5.76 Å². The van der Waals surface area contributed by atoms with Crippen molar-refractivity contribution in [1.29, 1.82) is 0 Å². The van der Waals surface area contributed by atoms with Crippen molar-refractivity contribution in [2.75, 3.05) is 5.32 Å². The molecule has 0 aromatic carbocycles. The van der Waals surface area contributed by atoms with Crippen molar-refractivity contribution in [1.82, 2.24) is 15.1 Å². The molecule has 3 heterocycles. The average Bonchev–Trinajstić information content (AvgIpc) is 3.04. The first-order valence-corrected chi connectivity index (χ1v) is 7.69. The van der Waals surface area contributed by atoms with Crippen LogP contribution >= 0.6 is 0 Å². The average molecular weight is 340 g/mol. The van der Waals surface area contributed by atoms with Gasteiger partial charge < -0.3 is 15.1 Å². The maximum atomic E-state index is 13.4. The third kappa shape index (κ3) is 2.74. The van der Waals surface area contributed by atoms with Gasteiger partial charge in [-0.1, -0.05) is 0 Å². The highest BCUT2D eigenvalue weighted by atomic mass is 19.4. The summed E-state index contributed by atoms with van der Waals surface area (Å²) >= 11 is 0. The summed E-state index contributed by atoms with van der Waals surface area (Å²) in [7, 11) is 0. The van der Waals surface area contributed by atoms with E-state index in [9.17, 15) is 18.0 Å². The number of aromatic nitrogens is 2. The van der Waals surface area contributed by atoms with E-state index in [1.807, 2.05) is 0 Å². The van der Waals surface area contributed by atoms with E-state index in [1.165, 1.54) is 12.3 Å². The van der Waals surface area contributed by atoms with Crippen LogP contribution in [0.25, 0.3) is 0 Å². The quantitative estimate of drug-likeness (QED) is 0.901. The lowest BCUT2D eigenvalue weighted by molar-refractivity contribution is -0.174. The van der Waals surface area contributed by atoms with E-state index in [0.717, 1.165) is 17.5 Å². The van der Waals surface area contributed by atoms with E-state index in [2.05, 4.69) is 15.7 Å². The highest BCUT2D eigenvalue weighted by molar-refractivity contribution is 5.93. The van der Waals surface area contributed by atoms with Crippen molar-refractivity contribution >= 4 is 11.7 Å². The van der Waals surface area contributed by atoms with Crippen LogP contribution in [-0.4, -0.2) is 27.9 Å². The molecule has 1 saturated carbocycles. The molecule has 2 atom stereocenters. The predicted molar refractivity (Wildman–Crippen MR) is 77.5 cm³/mol. The summed E-state index contributed by atoms with van der Waals surface area (Å²) in [4.78, 5) is 12.1. The lowest BCUT2D eigenvalue weighted by Gasteiger charge is -2.32. The number of amides is 1. The number of furan rings is 1. The molecule has 2 unspecified atom stereocenters. The van der Waals surface area contributed by atoms with Crippen molar-refractivity contribution in [2.24, 2.45) is 0 Å². The minimum Gasteiger partial charge on any atom is -0.467 e. The summed E-state index contributed by atoms with van der Waals surface area (Å²) in [6, 6.07) is 2.27. The Kier molecular flexibility index (Phi) is 3.33. The summed E-state index contributed by atoms with van der Waals surface area (Å²) in [5.74, 6) is 0.128. The molecule has 2 aromatic rings. The number of nitrogens with zero attached hydrogens (tertiary/aromatic N) is 2. The Morgan fingerprint density at radius 2 is 2.21 bits per heavy atom. The number of rotatable bonds is 3. The molecule has 0 saturated heterocycles. The first-order chi connectivity index (χ1) is 11.4. The number of hydrogen-bond donors (Lipinski definition) is 2. The van der Waals surface area contributed by atoms with Gasteiger partial charge in [0.1, 0.15) is 11.6 Å². The molecular weight excluding hydrogens is 325 g/mol. The molecule has 1 aliphatic heterocycles. The van der Waals surface area contributed by atoms with Crippen LogP contribution in [0.2, 0.25) is 0 Å². The van der Waals surface area contributed by atoms with Gasteiger partial charge in [0.05, 0.1) is 12.3 Å². The van der Waals surface area contributed by atoms with Gasteiger partial charge in [-0.2, -0.15) is 18.3 Å². The van der Waals surface area contributed by atoms with Crippen LogP contribution in [0, 0.1) is 0 Å². The molecule has 4 rings (SSSR count). The lowest BCUT2D eigenvalue weighted by Crippen LogP contribution is -2.35. The lowest BCUT2D eigenvalue weighted by atomic mass is 10.0. The number of carbonyl (C=O) groups is 1. The highest BCUT2D eigenvalue weighted by Gasteiger charge is 2.47. The molecule has 24 heavy (non-hydrogen) atoms. The van der Waals surface area contributed by atoms with Crippen LogP contribution in [0.5, 0.6) is 0 Å². The van der Waals surface area contributed by atoms with Crippen molar-refractivity contribution in [3.05, 3.63) is 35.9 Å². The molecule has 1 fully saturated rings. The molecule has 1 amide bonds. The molecule has 2 N–H and O–H groups in total. The zero-order valence-electron chi connectivity index (χ0n) is 12.5. The fourth-order valence-electron chi connectivity index (χ4n) is 2.85. The standard InChI is InChI=1S/C15H15F3N4O2/c16-15(17,18)12-6-9(11-2-1-5-24-11)20-13-7-10(21-22(12)13)14(23)19-8-3-4-8/h1-2,5,7-9,12,20H,3-4,6H2,(H,19,23). The Labute approximate surface area is 135 Å². The molecule has 0 spiro atoms. The van der Waals surface area contributed by atoms with Crippen LogP contribution in [0.1, 0.15) is 47.6 Å². The summed E-state index contributed by atoms with van der Waals surface area (Å²) in [5.41, 5.74) is -0.0151. The van der Waals surface area contributed by atoms with Gasteiger partial charge in [-0.05, 0) is 25.0 Å². The maximum Gasteiger partial charge on any atom is 0.410 e. The SMILES string of the molecule is O=C(NC1CC1)c1cc2n(n1)C(C(F)(F)F)CC(c1ccco1)N2. The van der Waals surface area contributed by atoms with Gasteiger partial charge in [0.2, 0.25) is 0 Å². The second kappa shape index (κ2) is 5.29. The minimum absolute atomic E-state index is 0.0151. The summed E-state index contributed by atoms with van der Waals surface area (Å²) in [6.45, 7) is 0. The van der Waals surface area contributed by atoms with E-state index in [4.69, 9.17) is 4.42 Å².